The average molecular weight is 207 g/mol. The van der Waals surface area contributed by atoms with Crippen molar-refractivity contribution in [2.45, 2.75) is 20.4 Å². The van der Waals surface area contributed by atoms with Gasteiger partial charge in [0.25, 0.3) is 0 Å². The molecule has 0 spiro atoms. The van der Waals surface area contributed by atoms with Crippen LogP contribution in [-0.2, 0) is 11.1 Å². The second kappa shape index (κ2) is 6.54. The Bertz CT molecular complexity index is 285. The molecule has 0 amide bonds. The summed E-state index contributed by atoms with van der Waals surface area (Å²) >= 11 is 0. The molecule has 0 aliphatic carbocycles. The van der Waals surface area contributed by atoms with Crippen molar-refractivity contribution < 1.29 is 4.53 Å². The van der Waals surface area contributed by atoms with Crippen LogP contribution in [0.25, 0.3) is 0 Å². The predicted molar refractivity (Wildman–Crippen MR) is 62.3 cm³/mol. The summed E-state index contributed by atoms with van der Waals surface area (Å²) < 4.78 is 5.41. The van der Waals surface area contributed by atoms with Gasteiger partial charge in [0.2, 0.25) is 9.76 Å². The maximum absolute atomic E-state index is 5.41. The van der Waals surface area contributed by atoms with Gasteiger partial charge in [-0.15, -0.1) is 0 Å². The van der Waals surface area contributed by atoms with E-state index in [0.717, 1.165) is 6.54 Å². The fourth-order valence-electron chi connectivity index (χ4n) is 0.978. The smallest absolute Gasteiger partial charge is 0.216 e. The van der Waals surface area contributed by atoms with Gasteiger partial charge in [0.1, 0.15) is 0 Å². The molecule has 0 atom stereocenters. The van der Waals surface area contributed by atoms with Gasteiger partial charge in [-0.25, -0.2) is 5.48 Å². The maximum atomic E-state index is 5.41. The average Bonchev–Trinajstić information content (AvgIpc) is 2.25. The van der Waals surface area contributed by atoms with Crippen LogP contribution >= 0.6 is 0 Å². The zero-order valence-electron chi connectivity index (χ0n) is 8.79. The van der Waals surface area contributed by atoms with Crippen molar-refractivity contribution in [3.8, 4) is 0 Å². The van der Waals surface area contributed by atoms with Crippen LogP contribution < -0.4 is 5.48 Å². The molecule has 1 aromatic carbocycles. The van der Waals surface area contributed by atoms with Gasteiger partial charge in [-0.1, -0.05) is 41.6 Å². The number of hydrogen-bond donors (Lipinski definition) is 1. The van der Waals surface area contributed by atoms with E-state index in [4.69, 9.17) is 4.53 Å². The van der Waals surface area contributed by atoms with E-state index in [1.807, 2.05) is 25.1 Å². The molecule has 14 heavy (non-hydrogen) atoms. The fraction of sp³-hybridized carbons (Fsp3) is 0.273. The highest BCUT2D eigenvalue weighted by Gasteiger charge is 1.92. The Kier molecular flexibility index (Phi) is 5.22. The number of allylic oxidation sites excluding steroid dienone is 2. The zero-order valence-corrected chi connectivity index (χ0v) is 10.2. The lowest BCUT2D eigenvalue weighted by Crippen LogP contribution is -2.17. The van der Waals surface area contributed by atoms with Gasteiger partial charge in [-0.05, 0) is 19.4 Å². The summed E-state index contributed by atoms with van der Waals surface area (Å²) in [4.78, 5) is 0. The molecular formula is C11H17NOSi. The number of benzene rings is 1. The summed E-state index contributed by atoms with van der Waals surface area (Å²) in [6, 6.07) is 10.3. The lowest BCUT2D eigenvalue weighted by Gasteiger charge is -2.05. The third-order valence-corrected chi connectivity index (χ3v) is 3.23. The quantitative estimate of drug-likeness (QED) is 0.451. The Hall–Kier alpha value is -0.903. The molecule has 0 saturated heterocycles. The first-order valence-corrected chi connectivity index (χ1v) is 6.11. The molecule has 1 aromatic rings. The van der Waals surface area contributed by atoms with Gasteiger partial charge in [0, 0.05) is 6.54 Å². The molecule has 0 bridgehead atoms. The summed E-state index contributed by atoms with van der Waals surface area (Å²) in [6.07, 6.45) is 2.11. The van der Waals surface area contributed by atoms with Gasteiger partial charge >= 0.3 is 0 Å². The number of nitrogens with one attached hydrogen (secondary N) is 1. The van der Waals surface area contributed by atoms with Crippen molar-refractivity contribution in [2.24, 2.45) is 0 Å². The van der Waals surface area contributed by atoms with Gasteiger partial charge in [-0.3, -0.25) is 0 Å². The first-order chi connectivity index (χ1) is 6.83. The Balaban J connectivity index is 2.17. The normalized spacial score (nSPS) is 12.6. The topological polar surface area (TPSA) is 21.3 Å². The van der Waals surface area contributed by atoms with Crippen molar-refractivity contribution in [2.75, 3.05) is 0 Å². The molecule has 0 aliphatic rings. The predicted octanol–water partition coefficient (Wildman–Crippen LogP) is 1.72. The summed E-state index contributed by atoms with van der Waals surface area (Å²) in [5.74, 6) is 0. The zero-order chi connectivity index (χ0) is 10.2. The van der Waals surface area contributed by atoms with E-state index in [2.05, 4.69) is 30.6 Å². The third kappa shape index (κ3) is 4.37. The standard InChI is InChI=1S/C11H17NOSi/c1-3-10(2)14-13-12-9-11-7-5-4-6-8-11/h3-8,12H,9,14H2,1-2H3. The Morgan fingerprint density at radius 3 is 2.79 bits per heavy atom. The van der Waals surface area contributed by atoms with E-state index in [1.165, 1.54) is 10.8 Å². The SMILES string of the molecule is CC=C(C)[SiH2]ONCc1ccccc1. The second-order valence-corrected chi connectivity index (χ2v) is 4.92. The van der Waals surface area contributed by atoms with E-state index in [9.17, 15) is 0 Å². The molecule has 2 nitrogen and oxygen atoms in total. The highest BCUT2D eigenvalue weighted by molar-refractivity contribution is 6.37. The number of rotatable bonds is 5. The Labute approximate surface area is 87.9 Å². The largest absolute Gasteiger partial charge is 0.348 e. The van der Waals surface area contributed by atoms with E-state index in [-0.39, 0.29) is 0 Å². The van der Waals surface area contributed by atoms with Gasteiger partial charge in [-0.2, -0.15) is 0 Å². The minimum absolute atomic E-state index is 0.530. The second-order valence-electron chi connectivity index (χ2n) is 3.23. The van der Waals surface area contributed by atoms with Gasteiger partial charge < -0.3 is 4.53 Å². The van der Waals surface area contributed by atoms with Crippen molar-refractivity contribution in [3.63, 3.8) is 0 Å². The molecule has 3 heteroatoms. The first-order valence-electron chi connectivity index (χ1n) is 4.83. The maximum Gasteiger partial charge on any atom is 0.216 e. The summed E-state index contributed by atoms with van der Waals surface area (Å²) in [5.41, 5.74) is 4.24. The van der Waals surface area contributed by atoms with E-state index in [1.54, 1.807) is 0 Å². The highest BCUT2D eigenvalue weighted by Crippen LogP contribution is 1.97. The van der Waals surface area contributed by atoms with E-state index < -0.39 is 9.76 Å². The summed E-state index contributed by atoms with van der Waals surface area (Å²) in [5, 5.41) is 1.37. The van der Waals surface area contributed by atoms with Crippen LogP contribution in [0.15, 0.2) is 41.6 Å². The van der Waals surface area contributed by atoms with Crippen LogP contribution in [-0.4, -0.2) is 9.76 Å². The minimum Gasteiger partial charge on any atom is -0.348 e. The molecular weight excluding hydrogens is 190 g/mol. The fourth-order valence-corrected chi connectivity index (χ4v) is 1.58. The van der Waals surface area contributed by atoms with Crippen molar-refractivity contribution in [3.05, 3.63) is 47.2 Å². The lowest BCUT2D eigenvalue weighted by molar-refractivity contribution is 0.204. The van der Waals surface area contributed by atoms with Crippen LogP contribution in [0.2, 0.25) is 0 Å². The monoisotopic (exact) mass is 207 g/mol. The molecule has 0 fully saturated rings. The van der Waals surface area contributed by atoms with Crippen LogP contribution in [0.5, 0.6) is 0 Å². The molecule has 0 heterocycles. The molecule has 0 unspecified atom stereocenters. The van der Waals surface area contributed by atoms with E-state index >= 15 is 0 Å². The molecule has 0 radical (unpaired) electrons. The molecule has 1 N–H and O–H groups in total. The third-order valence-electron chi connectivity index (χ3n) is 2.01. The summed E-state index contributed by atoms with van der Waals surface area (Å²) in [7, 11) is -0.530. The van der Waals surface area contributed by atoms with Crippen molar-refractivity contribution in [1.82, 2.24) is 5.48 Å². The Morgan fingerprint density at radius 1 is 1.43 bits per heavy atom. The van der Waals surface area contributed by atoms with Gasteiger partial charge in [0.15, 0.2) is 0 Å². The number of hydrogen-bond acceptors (Lipinski definition) is 2. The lowest BCUT2D eigenvalue weighted by atomic mass is 10.2. The summed E-state index contributed by atoms with van der Waals surface area (Å²) in [6.45, 7) is 4.93. The van der Waals surface area contributed by atoms with Crippen molar-refractivity contribution >= 4 is 9.76 Å². The molecule has 1 rings (SSSR count). The van der Waals surface area contributed by atoms with Crippen LogP contribution in [0, 0.1) is 0 Å². The van der Waals surface area contributed by atoms with Gasteiger partial charge in [0.05, 0.1) is 0 Å². The minimum atomic E-state index is -0.530. The van der Waals surface area contributed by atoms with Crippen LogP contribution in [0.4, 0.5) is 0 Å². The first kappa shape index (κ1) is 11.2. The molecule has 0 saturated carbocycles. The number of hydroxylamine groups is 1. The van der Waals surface area contributed by atoms with Crippen LogP contribution in [0.3, 0.4) is 0 Å². The van der Waals surface area contributed by atoms with Crippen molar-refractivity contribution in [1.29, 1.82) is 0 Å². The molecule has 0 aliphatic heterocycles. The Morgan fingerprint density at radius 2 is 2.14 bits per heavy atom. The highest BCUT2D eigenvalue weighted by atomic mass is 28.2. The molecule has 76 valence electrons. The van der Waals surface area contributed by atoms with Crippen LogP contribution in [0.1, 0.15) is 19.4 Å². The van der Waals surface area contributed by atoms with E-state index in [0.29, 0.717) is 0 Å². The molecule has 0 aromatic heterocycles.